The molecule has 1 fully saturated rings. The molecular weight excluding hydrogens is 432 g/mol. The first kappa shape index (κ1) is 31.0. The first-order valence-corrected chi connectivity index (χ1v) is 13.9. The van der Waals surface area contributed by atoms with Gasteiger partial charge in [-0.25, -0.2) is 4.79 Å². The first-order chi connectivity index (χ1) is 16.9. The van der Waals surface area contributed by atoms with E-state index in [2.05, 4.69) is 73.0 Å². The predicted octanol–water partition coefficient (Wildman–Crippen LogP) is 8.14. The second-order valence-corrected chi connectivity index (χ2v) is 10.3. The van der Waals surface area contributed by atoms with Crippen LogP contribution in [0.1, 0.15) is 91.9 Å². The van der Waals surface area contributed by atoms with Crippen LogP contribution in [0.15, 0.2) is 60.8 Å². The lowest BCUT2D eigenvalue weighted by Crippen LogP contribution is -2.43. The second-order valence-electron chi connectivity index (χ2n) is 10.3. The summed E-state index contributed by atoms with van der Waals surface area (Å²) < 4.78 is 5.47. The van der Waals surface area contributed by atoms with Crippen LogP contribution in [-0.2, 0) is 4.74 Å². The van der Waals surface area contributed by atoms with E-state index in [0.29, 0.717) is 5.92 Å². The topological polar surface area (TPSA) is 41.6 Å². The zero-order chi connectivity index (χ0) is 25.6. The number of carbonyl (C=O) groups is 1. The second kappa shape index (κ2) is 20.2. The van der Waals surface area contributed by atoms with Crippen LogP contribution in [0.5, 0.6) is 0 Å². The summed E-state index contributed by atoms with van der Waals surface area (Å²) in [7, 11) is 0. The van der Waals surface area contributed by atoms with Gasteiger partial charge in [-0.3, -0.25) is 0 Å². The summed E-state index contributed by atoms with van der Waals surface area (Å²) >= 11 is 0. The summed E-state index contributed by atoms with van der Waals surface area (Å²) in [5.74, 6) is 0.666. The number of allylic oxidation sites excluding steroid dienone is 10. The Bertz CT molecular complexity index is 675. The molecule has 1 saturated heterocycles. The molecule has 4 nitrogen and oxygen atoms in total. The van der Waals surface area contributed by atoms with E-state index in [1.54, 1.807) is 0 Å². The van der Waals surface area contributed by atoms with Gasteiger partial charge in [-0.05, 0) is 104 Å². The highest BCUT2D eigenvalue weighted by Gasteiger charge is 2.26. The maximum absolute atomic E-state index is 12.1. The lowest BCUT2D eigenvalue weighted by molar-refractivity contribution is 0.0184. The SMILES string of the molecule is CC/C=C\CC=CCC=CC/C=C\C/C=C\CCCCNCC1CCN(C(=O)OC(C)(C)C)CC1. The number of unbranched alkanes of at least 4 members (excludes halogenated alkanes) is 2. The number of amides is 1. The Balaban J connectivity index is 1.93. The Hall–Kier alpha value is -2.07. The van der Waals surface area contributed by atoms with Gasteiger partial charge < -0.3 is 15.0 Å². The van der Waals surface area contributed by atoms with Gasteiger partial charge in [0, 0.05) is 13.1 Å². The third kappa shape index (κ3) is 18.9. The van der Waals surface area contributed by atoms with E-state index in [1.807, 2.05) is 25.7 Å². The largest absolute Gasteiger partial charge is 0.444 e. The third-order valence-electron chi connectivity index (χ3n) is 5.83. The molecule has 0 unspecified atom stereocenters. The molecule has 1 aliphatic heterocycles. The predicted molar refractivity (Wildman–Crippen MR) is 152 cm³/mol. The van der Waals surface area contributed by atoms with Crippen LogP contribution < -0.4 is 5.32 Å². The van der Waals surface area contributed by atoms with Crippen molar-refractivity contribution >= 4 is 6.09 Å². The molecule has 1 rings (SSSR count). The Labute approximate surface area is 216 Å². The van der Waals surface area contributed by atoms with Crippen molar-refractivity contribution in [1.82, 2.24) is 10.2 Å². The standard InChI is InChI=1S/C31H52N2O2/c1-5-6-7-8-9-10-11-12-13-14-15-16-17-18-19-20-21-22-25-32-28-29-23-26-33(27-24-29)30(34)35-31(2,3)4/h6-7,9-10,12-13,15-16,18-19,29,32H,5,8,11,14,17,20-28H2,1-4H3/b7-6-,10-9?,13-12?,16-15-,19-18-. The molecular formula is C31H52N2O2. The fourth-order valence-corrected chi connectivity index (χ4v) is 3.83. The van der Waals surface area contributed by atoms with E-state index in [-0.39, 0.29) is 6.09 Å². The van der Waals surface area contributed by atoms with Crippen molar-refractivity contribution < 1.29 is 9.53 Å². The molecule has 0 radical (unpaired) electrons. The molecule has 1 N–H and O–H groups in total. The summed E-state index contributed by atoms with van der Waals surface area (Å²) in [5, 5.41) is 3.61. The molecule has 35 heavy (non-hydrogen) atoms. The number of likely N-dealkylation sites (tertiary alicyclic amines) is 1. The number of nitrogens with zero attached hydrogens (tertiary/aromatic N) is 1. The Kier molecular flexibility index (Phi) is 17.8. The Morgan fingerprint density at radius 1 is 0.829 bits per heavy atom. The Morgan fingerprint density at radius 2 is 1.34 bits per heavy atom. The van der Waals surface area contributed by atoms with Crippen LogP contribution in [0.2, 0.25) is 0 Å². The third-order valence-corrected chi connectivity index (χ3v) is 5.83. The van der Waals surface area contributed by atoms with Gasteiger partial charge in [-0.2, -0.15) is 0 Å². The van der Waals surface area contributed by atoms with E-state index in [0.717, 1.165) is 77.5 Å². The minimum Gasteiger partial charge on any atom is -0.444 e. The van der Waals surface area contributed by atoms with E-state index < -0.39 is 5.60 Å². The van der Waals surface area contributed by atoms with Crippen molar-refractivity contribution in [3.63, 3.8) is 0 Å². The highest BCUT2D eigenvalue weighted by atomic mass is 16.6. The van der Waals surface area contributed by atoms with Gasteiger partial charge in [-0.1, -0.05) is 67.7 Å². The van der Waals surface area contributed by atoms with E-state index in [9.17, 15) is 4.79 Å². The van der Waals surface area contributed by atoms with Gasteiger partial charge in [0.1, 0.15) is 5.60 Å². The number of rotatable bonds is 16. The lowest BCUT2D eigenvalue weighted by atomic mass is 9.97. The van der Waals surface area contributed by atoms with Crippen LogP contribution in [-0.4, -0.2) is 42.8 Å². The molecule has 0 aliphatic carbocycles. The van der Waals surface area contributed by atoms with Crippen LogP contribution in [0, 0.1) is 5.92 Å². The zero-order valence-electron chi connectivity index (χ0n) is 23.0. The van der Waals surface area contributed by atoms with Gasteiger partial charge >= 0.3 is 6.09 Å². The quantitative estimate of drug-likeness (QED) is 0.177. The molecule has 0 atom stereocenters. The van der Waals surface area contributed by atoms with Crippen molar-refractivity contribution in [3.8, 4) is 0 Å². The average molecular weight is 485 g/mol. The van der Waals surface area contributed by atoms with Gasteiger partial charge in [0.2, 0.25) is 0 Å². The summed E-state index contributed by atoms with van der Waals surface area (Å²) in [4.78, 5) is 14.0. The summed E-state index contributed by atoms with van der Waals surface area (Å²) in [6.07, 6.45) is 33.2. The van der Waals surface area contributed by atoms with Crippen molar-refractivity contribution in [2.24, 2.45) is 5.92 Å². The highest BCUT2D eigenvalue weighted by Crippen LogP contribution is 2.19. The molecule has 1 amide bonds. The van der Waals surface area contributed by atoms with E-state index >= 15 is 0 Å². The molecule has 0 saturated carbocycles. The van der Waals surface area contributed by atoms with Crippen LogP contribution in [0.25, 0.3) is 0 Å². The number of ether oxygens (including phenoxy) is 1. The number of carbonyl (C=O) groups excluding carboxylic acids is 1. The molecule has 1 aliphatic rings. The van der Waals surface area contributed by atoms with Gasteiger partial charge in [0.15, 0.2) is 0 Å². The molecule has 0 spiro atoms. The summed E-state index contributed by atoms with van der Waals surface area (Å²) in [5.41, 5.74) is -0.415. The smallest absolute Gasteiger partial charge is 0.410 e. The van der Waals surface area contributed by atoms with Crippen molar-refractivity contribution in [2.75, 3.05) is 26.2 Å². The van der Waals surface area contributed by atoms with Gasteiger partial charge in [0.25, 0.3) is 0 Å². The van der Waals surface area contributed by atoms with Crippen LogP contribution >= 0.6 is 0 Å². The normalized spacial score (nSPS) is 16.2. The Morgan fingerprint density at radius 3 is 1.86 bits per heavy atom. The monoisotopic (exact) mass is 484 g/mol. The number of hydrogen-bond donors (Lipinski definition) is 1. The van der Waals surface area contributed by atoms with Crippen molar-refractivity contribution in [1.29, 1.82) is 0 Å². The summed E-state index contributed by atoms with van der Waals surface area (Å²) in [6.45, 7) is 11.7. The molecule has 4 heteroatoms. The number of piperidine rings is 1. The molecule has 0 aromatic heterocycles. The summed E-state index contributed by atoms with van der Waals surface area (Å²) in [6, 6.07) is 0. The fourth-order valence-electron chi connectivity index (χ4n) is 3.83. The minimum atomic E-state index is -0.415. The number of nitrogens with one attached hydrogen (secondary N) is 1. The average Bonchev–Trinajstić information content (AvgIpc) is 2.82. The number of hydrogen-bond acceptors (Lipinski definition) is 3. The van der Waals surface area contributed by atoms with Crippen LogP contribution in [0.4, 0.5) is 4.79 Å². The van der Waals surface area contributed by atoms with E-state index in [1.165, 1.54) is 12.8 Å². The first-order valence-electron chi connectivity index (χ1n) is 13.9. The van der Waals surface area contributed by atoms with Gasteiger partial charge in [-0.15, -0.1) is 0 Å². The molecule has 198 valence electrons. The molecule has 0 bridgehead atoms. The van der Waals surface area contributed by atoms with Gasteiger partial charge in [0.05, 0.1) is 0 Å². The lowest BCUT2D eigenvalue weighted by Gasteiger charge is -2.33. The van der Waals surface area contributed by atoms with E-state index in [4.69, 9.17) is 4.74 Å². The molecule has 1 heterocycles. The maximum atomic E-state index is 12.1. The fraction of sp³-hybridized carbons (Fsp3) is 0.645. The molecule has 0 aromatic carbocycles. The maximum Gasteiger partial charge on any atom is 0.410 e. The highest BCUT2D eigenvalue weighted by molar-refractivity contribution is 5.68. The van der Waals surface area contributed by atoms with Crippen molar-refractivity contribution in [2.45, 2.75) is 97.5 Å². The zero-order valence-corrected chi connectivity index (χ0v) is 23.0. The molecule has 0 aromatic rings. The minimum absolute atomic E-state index is 0.168. The van der Waals surface area contributed by atoms with Crippen molar-refractivity contribution in [3.05, 3.63) is 60.8 Å². The van der Waals surface area contributed by atoms with Crippen LogP contribution in [0.3, 0.4) is 0 Å².